The fourth-order valence-electron chi connectivity index (χ4n) is 12.2. The molecule has 3 saturated heterocycles. The number of cyclic esters (lactones) is 1. The monoisotopic (exact) mass is 1580 g/mol. The third kappa shape index (κ3) is 25.4. The molecule has 1 aromatic rings. The SMILES string of the molecule is CC=C(NC(=O)CNC(=O)[C@@](C)(O)[C@@H](O)C=CC(C)=C[C@H](C)CC)C(=O)N[C@H](C(=O)N[C@H](C(=O)N[C@H]1C(=O)N[C@H](COC)C(=O)NCC(=O)N[C@@H](C)C(=O)N(C)C([C@@H](C)O)C(=O)N[C@H]([C@H](OC)c2ccc(O[C@@H]3O[C@@H](C)[C@H](O)[C@@H](O)[C@H]3O)cc2)C(=O)N2CC[C@H](Cl)C[C@H]2C(=O)O[C@@H]1C(C)C)[C@@H](C)[C@@H](C)C(N)=O)[C@H](C)N. The summed E-state index contributed by atoms with van der Waals surface area (Å²) in [6.45, 7) is 16.0. The number of allylic oxidation sites excluding steroid dienone is 4. The Labute approximate surface area is 643 Å². The van der Waals surface area contributed by atoms with Crippen LogP contribution in [0.15, 0.2) is 59.8 Å². The molecule has 23 atom stereocenters. The zero-order chi connectivity index (χ0) is 83.3. The quantitative estimate of drug-likeness (QED) is 0.0163. The molecule has 0 bridgehead atoms. The highest BCUT2D eigenvalue weighted by atomic mass is 35.5. The van der Waals surface area contributed by atoms with Crippen LogP contribution in [0, 0.1) is 23.7 Å². The Hall–Kier alpha value is -8.76. The number of hydrogen-bond donors (Lipinski definition) is 17. The number of methoxy groups -OCH3 is 2. The number of piperidine rings is 1. The number of aliphatic hydroxyl groups excluding tert-OH is 5. The lowest BCUT2D eigenvalue weighted by Gasteiger charge is -2.41. The van der Waals surface area contributed by atoms with Crippen molar-refractivity contribution in [2.45, 2.75) is 230 Å². The number of nitrogens with two attached hydrogens (primary N) is 2. The Morgan fingerprint density at radius 1 is 0.855 bits per heavy atom. The van der Waals surface area contributed by atoms with Crippen molar-refractivity contribution < 1.29 is 117 Å². The normalized spacial score (nSPS) is 27.8. The van der Waals surface area contributed by atoms with Gasteiger partial charge in [0.1, 0.15) is 96.4 Å². The van der Waals surface area contributed by atoms with E-state index in [4.69, 9.17) is 46.8 Å². The molecule has 3 aliphatic rings. The third-order valence-electron chi connectivity index (χ3n) is 19.4. The van der Waals surface area contributed by atoms with E-state index in [1.165, 1.54) is 106 Å². The zero-order valence-corrected chi connectivity index (χ0v) is 65.6. The van der Waals surface area contributed by atoms with Gasteiger partial charge in [-0.15, -0.1) is 11.6 Å². The number of likely N-dealkylation sites (N-methyl/N-ethyl adjacent to an activating group) is 1. The van der Waals surface area contributed by atoms with Crippen molar-refractivity contribution in [2.75, 3.05) is 47.5 Å². The molecule has 1 unspecified atom stereocenters. The number of alkyl halides is 1. The second kappa shape index (κ2) is 42.6. The smallest absolute Gasteiger partial charge is 0.329 e. The molecule has 12 amide bonds. The molecule has 110 heavy (non-hydrogen) atoms. The molecule has 0 aliphatic carbocycles. The van der Waals surface area contributed by atoms with Crippen LogP contribution in [0.5, 0.6) is 5.75 Å². The summed E-state index contributed by atoms with van der Waals surface area (Å²) in [5.74, 6) is -18.2. The number of rotatable bonds is 28. The third-order valence-corrected chi connectivity index (χ3v) is 19.7. The van der Waals surface area contributed by atoms with Crippen LogP contribution in [0.2, 0.25) is 0 Å². The predicted molar refractivity (Wildman–Crippen MR) is 394 cm³/mol. The maximum absolute atomic E-state index is 15.7. The van der Waals surface area contributed by atoms with Crippen molar-refractivity contribution in [3.05, 3.63) is 65.4 Å². The van der Waals surface area contributed by atoms with Crippen LogP contribution in [0.1, 0.15) is 121 Å². The summed E-state index contributed by atoms with van der Waals surface area (Å²) >= 11 is 6.82. The Morgan fingerprint density at radius 3 is 2.05 bits per heavy atom. The van der Waals surface area contributed by atoms with E-state index in [0.29, 0.717) is 0 Å². The summed E-state index contributed by atoms with van der Waals surface area (Å²) < 4.78 is 28.9. The Bertz CT molecular complexity index is 3510. The molecule has 0 aromatic heterocycles. The second-order valence-corrected chi connectivity index (χ2v) is 29.1. The molecule has 0 saturated carbocycles. The fraction of sp³-hybridized carbons (Fsp3) is 0.653. The summed E-state index contributed by atoms with van der Waals surface area (Å²) in [5.41, 5.74) is 10.0. The molecule has 3 fully saturated rings. The van der Waals surface area contributed by atoms with Gasteiger partial charge in [0.25, 0.3) is 11.8 Å². The van der Waals surface area contributed by atoms with Gasteiger partial charge in [0.05, 0.1) is 31.9 Å². The van der Waals surface area contributed by atoms with Crippen LogP contribution >= 0.6 is 11.6 Å². The summed E-state index contributed by atoms with van der Waals surface area (Å²) in [6, 6.07) is -10.5. The van der Waals surface area contributed by atoms with Gasteiger partial charge >= 0.3 is 5.97 Å². The van der Waals surface area contributed by atoms with Crippen LogP contribution in [0.3, 0.4) is 0 Å². The fourth-order valence-corrected chi connectivity index (χ4v) is 12.4. The van der Waals surface area contributed by atoms with Crippen molar-refractivity contribution in [3.63, 3.8) is 0 Å². The number of primary amides is 1. The molecule has 4 rings (SSSR count). The lowest BCUT2D eigenvalue weighted by Crippen LogP contribution is -2.66. The molecule has 0 spiro atoms. The minimum atomic E-state index is -2.44. The second-order valence-electron chi connectivity index (χ2n) is 28.5. The molecule has 37 nitrogen and oxygen atoms in total. The standard InChI is InChI=1S/C72H112ClN13O24/c1-17-33(5)27-34(6)19-24-47(88)72(13,105)71(104)77-30-49(90)79-44(18-2)62(96)82-51(37(9)74)64(98)81-50(35(7)36(8)60(75)94)63(97)83-52-58(32(3)4)110-69(103)46-28-42(73)25-26-86(46)68(102)53(59(107-16)41-20-22-43(23-21-41)109-70-57(93)56(92)55(91)40(12)108-70)84-66(100)54(39(11)87)85(14)67(101)38(10)78-48(89)29-76-61(95)45(31-106-15)80-65(52)99/h18-24,27,32-33,35-40,42,45-47,50-59,70,87-88,91-93,105H,17,25-26,28-31,74H2,1-16H3,(H2,75,94)(H,76,95)(H,77,104)(H,78,89)(H,79,90)(H,80,99)(H,81,98)(H,82,96)(H,83,97)(H,84,100)/t33-,35+,36-,37+,38+,39-,40+,42+,45-,46+,47+,50+,51+,52-,53-,54?,55+,56-,57-,58-,59-,70+,72+/m1/s1. The molecule has 19 N–H and O–H groups in total. The largest absolute Gasteiger partial charge is 0.462 e. The Kier molecular flexibility index (Phi) is 36.3. The first kappa shape index (κ1) is 93.6. The highest BCUT2D eigenvalue weighted by Crippen LogP contribution is 2.32. The highest BCUT2D eigenvalue weighted by Gasteiger charge is 2.49. The molecule has 3 heterocycles. The molecule has 1 aromatic carbocycles. The Balaban J connectivity index is 1.83. The number of nitrogens with one attached hydrogen (secondary N) is 9. The van der Waals surface area contributed by atoms with Gasteiger partial charge in [-0.25, -0.2) is 4.79 Å². The number of ether oxygens (including phenoxy) is 5. The Morgan fingerprint density at radius 2 is 1.49 bits per heavy atom. The topological polar surface area (TPSA) is 556 Å². The lowest BCUT2D eigenvalue weighted by atomic mass is 9.87. The van der Waals surface area contributed by atoms with Crippen molar-refractivity contribution in [3.8, 4) is 5.75 Å². The summed E-state index contributed by atoms with van der Waals surface area (Å²) in [5, 5.41) is 85.1. The first-order valence-electron chi connectivity index (χ1n) is 36.1. The zero-order valence-electron chi connectivity index (χ0n) is 64.8. The number of nitrogens with zero attached hydrogens (tertiary/aromatic N) is 2. The maximum Gasteiger partial charge on any atom is 0.329 e. The summed E-state index contributed by atoms with van der Waals surface area (Å²) in [7, 11) is 3.45. The highest BCUT2D eigenvalue weighted by molar-refractivity contribution is 6.21. The van der Waals surface area contributed by atoms with Crippen LogP contribution in [-0.2, 0) is 81.3 Å². The van der Waals surface area contributed by atoms with Crippen LogP contribution in [0.4, 0.5) is 0 Å². The van der Waals surface area contributed by atoms with Gasteiger partial charge in [0.15, 0.2) is 5.60 Å². The molecular weight excluding hydrogens is 1470 g/mol. The molecule has 38 heteroatoms. The average Bonchev–Trinajstić information content (AvgIpc) is 0.787. The number of amides is 12. The molecule has 0 radical (unpaired) electrons. The lowest BCUT2D eigenvalue weighted by molar-refractivity contribution is -0.268. The number of aliphatic hydroxyl groups is 6. The minimum Gasteiger partial charge on any atom is -0.462 e. The van der Waals surface area contributed by atoms with Crippen molar-refractivity contribution in [2.24, 2.45) is 35.1 Å². The van der Waals surface area contributed by atoms with Crippen molar-refractivity contribution in [1.82, 2.24) is 57.7 Å². The minimum absolute atomic E-state index is 0.000863. The van der Waals surface area contributed by atoms with Crippen LogP contribution in [-0.4, -0.2) is 279 Å². The first-order valence-corrected chi connectivity index (χ1v) is 36.6. The van der Waals surface area contributed by atoms with Gasteiger partial charge in [0.2, 0.25) is 65.4 Å². The van der Waals surface area contributed by atoms with E-state index in [2.05, 4.69) is 47.9 Å². The van der Waals surface area contributed by atoms with E-state index in [9.17, 15) is 73.8 Å². The number of carbonyl (C=O) groups excluding carboxylic acids is 13. The van der Waals surface area contributed by atoms with Gasteiger partial charge in [-0.3, -0.25) is 57.5 Å². The van der Waals surface area contributed by atoms with Crippen LogP contribution < -0.4 is 64.1 Å². The molecular formula is C72H112ClN13O24. The summed E-state index contributed by atoms with van der Waals surface area (Å²) in [4.78, 5) is 188. The van der Waals surface area contributed by atoms with Gasteiger partial charge in [-0.05, 0) is 96.8 Å². The van der Waals surface area contributed by atoms with Crippen molar-refractivity contribution in [1.29, 1.82) is 0 Å². The van der Waals surface area contributed by atoms with E-state index in [-0.39, 0.29) is 36.6 Å². The summed E-state index contributed by atoms with van der Waals surface area (Å²) in [6.07, 6.45) is -7.90. The van der Waals surface area contributed by atoms with Gasteiger partial charge in [-0.1, -0.05) is 90.0 Å². The predicted octanol–water partition coefficient (Wildman–Crippen LogP) is -4.44. The van der Waals surface area contributed by atoms with Gasteiger partial charge in [0, 0.05) is 45.1 Å². The van der Waals surface area contributed by atoms with Crippen LogP contribution in [0.25, 0.3) is 0 Å². The van der Waals surface area contributed by atoms with Crippen molar-refractivity contribution >= 4 is 88.5 Å². The number of benzene rings is 1. The van der Waals surface area contributed by atoms with E-state index < -0.39 is 240 Å². The first-order chi connectivity index (χ1) is 51.4. The number of fused-ring (bicyclic) bond motifs is 1. The van der Waals surface area contributed by atoms with E-state index in [0.717, 1.165) is 49.0 Å². The number of carbonyl (C=O) groups is 13. The number of esters is 1. The maximum atomic E-state index is 15.7. The number of halogens is 1. The molecule has 616 valence electrons. The average molecular weight is 1580 g/mol. The van der Waals surface area contributed by atoms with E-state index in [1.54, 1.807) is 6.92 Å². The number of hydrogen-bond acceptors (Lipinski definition) is 25. The van der Waals surface area contributed by atoms with Gasteiger partial charge in [-0.2, -0.15) is 0 Å². The van der Waals surface area contributed by atoms with Gasteiger partial charge < -0.3 is 123 Å². The van der Waals surface area contributed by atoms with E-state index >= 15 is 19.2 Å². The van der Waals surface area contributed by atoms with E-state index in [1.807, 2.05) is 19.9 Å². The molecule has 3 aliphatic heterocycles.